The minimum atomic E-state index is -0.618. The van der Waals surface area contributed by atoms with Crippen LogP contribution in [0.5, 0.6) is 0 Å². The number of hydrogen-bond donors (Lipinski definition) is 0. The molecule has 0 aromatic heterocycles. The van der Waals surface area contributed by atoms with Crippen molar-refractivity contribution < 1.29 is 19.0 Å². The number of carbonyl (C=O) groups excluding carboxylic acids is 1. The second-order valence-corrected chi connectivity index (χ2v) is 4.85. The summed E-state index contributed by atoms with van der Waals surface area (Å²) in [5.74, 6) is -0.438. The van der Waals surface area contributed by atoms with Crippen molar-refractivity contribution in [1.29, 1.82) is 0 Å². The molecule has 0 bridgehead atoms. The molecule has 1 aliphatic rings. The zero-order valence-corrected chi connectivity index (χ0v) is 11.6. The van der Waals surface area contributed by atoms with E-state index in [1.807, 2.05) is 6.92 Å². The first-order valence-electron chi connectivity index (χ1n) is 6.66. The molecule has 0 aromatic carbocycles. The van der Waals surface area contributed by atoms with Crippen molar-refractivity contribution in [3.8, 4) is 0 Å². The molecule has 2 unspecified atom stereocenters. The van der Waals surface area contributed by atoms with E-state index in [1.165, 1.54) is 19.3 Å². The second-order valence-electron chi connectivity index (χ2n) is 4.85. The third-order valence-electron chi connectivity index (χ3n) is 2.94. The highest BCUT2D eigenvalue weighted by molar-refractivity contribution is 5.86. The molecular formula is C14H24O4. The van der Waals surface area contributed by atoms with Crippen LogP contribution in [0.1, 0.15) is 52.9 Å². The molecule has 0 aliphatic heterocycles. The normalized spacial score (nSPS) is 20.2. The molecule has 4 heteroatoms. The van der Waals surface area contributed by atoms with Crippen LogP contribution < -0.4 is 0 Å². The molecule has 1 fully saturated rings. The summed E-state index contributed by atoms with van der Waals surface area (Å²) < 4.78 is 16.3. The van der Waals surface area contributed by atoms with Crippen LogP contribution in [-0.2, 0) is 19.0 Å². The van der Waals surface area contributed by atoms with Gasteiger partial charge in [0.25, 0.3) is 0 Å². The van der Waals surface area contributed by atoms with Gasteiger partial charge in [-0.1, -0.05) is 25.8 Å². The first-order valence-corrected chi connectivity index (χ1v) is 6.66. The number of esters is 1. The van der Waals surface area contributed by atoms with E-state index in [4.69, 9.17) is 14.2 Å². The SMILES string of the molecule is C=C(C)C(=O)OC(C)OC(C)OC1CCCCC1. The predicted molar refractivity (Wildman–Crippen MR) is 68.9 cm³/mol. The first-order chi connectivity index (χ1) is 8.49. The molecule has 0 heterocycles. The molecule has 2 atom stereocenters. The summed E-state index contributed by atoms with van der Waals surface area (Å²) in [7, 11) is 0. The Morgan fingerprint density at radius 3 is 2.33 bits per heavy atom. The van der Waals surface area contributed by atoms with Gasteiger partial charge in [0.05, 0.1) is 6.10 Å². The Morgan fingerprint density at radius 1 is 1.17 bits per heavy atom. The molecule has 1 aliphatic carbocycles. The standard InChI is InChI=1S/C14H24O4/c1-10(2)14(15)18-12(4)16-11(3)17-13-8-6-5-7-9-13/h11-13H,1,5-9H2,2-4H3. The summed E-state index contributed by atoms with van der Waals surface area (Å²) in [5.41, 5.74) is 0.367. The van der Waals surface area contributed by atoms with Crippen LogP contribution in [-0.4, -0.2) is 24.7 Å². The third kappa shape index (κ3) is 5.65. The van der Waals surface area contributed by atoms with E-state index < -0.39 is 12.3 Å². The van der Waals surface area contributed by atoms with Gasteiger partial charge >= 0.3 is 5.97 Å². The maximum absolute atomic E-state index is 11.3. The summed E-state index contributed by atoms with van der Waals surface area (Å²) in [6.45, 7) is 8.64. The highest BCUT2D eigenvalue weighted by atomic mass is 16.8. The fourth-order valence-corrected chi connectivity index (χ4v) is 2.05. The minimum Gasteiger partial charge on any atom is -0.433 e. The molecule has 104 valence electrons. The first kappa shape index (κ1) is 15.2. The molecule has 0 spiro atoms. The van der Waals surface area contributed by atoms with Gasteiger partial charge in [-0.25, -0.2) is 4.79 Å². The van der Waals surface area contributed by atoms with Gasteiger partial charge in [0.2, 0.25) is 6.29 Å². The lowest BCUT2D eigenvalue weighted by Gasteiger charge is -2.27. The molecule has 1 rings (SSSR count). The van der Waals surface area contributed by atoms with E-state index in [9.17, 15) is 4.79 Å². The molecule has 0 radical (unpaired) electrons. The van der Waals surface area contributed by atoms with Crippen LogP contribution in [0.2, 0.25) is 0 Å². The van der Waals surface area contributed by atoms with Crippen molar-refractivity contribution >= 4 is 5.97 Å². The average molecular weight is 256 g/mol. The summed E-state index contributed by atoms with van der Waals surface area (Å²) in [5, 5.41) is 0. The fourth-order valence-electron chi connectivity index (χ4n) is 2.05. The van der Waals surface area contributed by atoms with Gasteiger partial charge in [-0.3, -0.25) is 0 Å². The average Bonchev–Trinajstić information content (AvgIpc) is 2.29. The van der Waals surface area contributed by atoms with Gasteiger partial charge in [-0.05, 0) is 33.6 Å². The maximum atomic E-state index is 11.3. The summed E-state index contributed by atoms with van der Waals surface area (Å²) in [6, 6.07) is 0. The zero-order valence-electron chi connectivity index (χ0n) is 11.6. The van der Waals surface area contributed by atoms with Crippen LogP contribution >= 0.6 is 0 Å². The molecule has 0 saturated heterocycles. The Balaban J connectivity index is 2.23. The summed E-state index contributed by atoms with van der Waals surface area (Å²) in [4.78, 5) is 11.3. The molecule has 0 N–H and O–H groups in total. The van der Waals surface area contributed by atoms with E-state index >= 15 is 0 Å². The highest BCUT2D eigenvalue weighted by Crippen LogP contribution is 2.22. The third-order valence-corrected chi connectivity index (χ3v) is 2.94. The monoisotopic (exact) mass is 256 g/mol. The maximum Gasteiger partial charge on any atom is 0.335 e. The second kappa shape index (κ2) is 7.54. The van der Waals surface area contributed by atoms with E-state index in [1.54, 1.807) is 13.8 Å². The van der Waals surface area contributed by atoms with Crippen LogP contribution in [0, 0.1) is 0 Å². The Bertz CT molecular complexity index is 282. The van der Waals surface area contributed by atoms with E-state index in [2.05, 4.69) is 6.58 Å². The lowest BCUT2D eigenvalue weighted by molar-refractivity contribution is -0.241. The predicted octanol–water partition coefficient (Wildman–Crippen LogP) is 3.16. The van der Waals surface area contributed by atoms with Gasteiger partial charge in [0.1, 0.15) is 0 Å². The van der Waals surface area contributed by atoms with Crippen molar-refractivity contribution in [2.75, 3.05) is 0 Å². The number of hydrogen-bond acceptors (Lipinski definition) is 4. The Labute approximate surface area is 109 Å². The zero-order chi connectivity index (χ0) is 13.5. The summed E-state index contributed by atoms with van der Waals surface area (Å²) in [6.07, 6.45) is 5.21. The van der Waals surface area contributed by atoms with Gasteiger partial charge in [-0.2, -0.15) is 0 Å². The molecule has 4 nitrogen and oxygen atoms in total. The minimum absolute atomic E-state index is 0.276. The van der Waals surface area contributed by atoms with Gasteiger partial charge in [0.15, 0.2) is 6.29 Å². The summed E-state index contributed by atoms with van der Waals surface area (Å²) >= 11 is 0. The molecule has 0 aromatic rings. The van der Waals surface area contributed by atoms with Gasteiger partial charge in [-0.15, -0.1) is 0 Å². The van der Waals surface area contributed by atoms with Crippen molar-refractivity contribution in [2.45, 2.75) is 71.6 Å². The quantitative estimate of drug-likeness (QED) is 0.416. The smallest absolute Gasteiger partial charge is 0.335 e. The van der Waals surface area contributed by atoms with Crippen LogP contribution in [0.25, 0.3) is 0 Å². The molecular weight excluding hydrogens is 232 g/mol. The van der Waals surface area contributed by atoms with Crippen molar-refractivity contribution in [2.24, 2.45) is 0 Å². The molecule has 1 saturated carbocycles. The lowest BCUT2D eigenvalue weighted by atomic mass is 9.98. The lowest BCUT2D eigenvalue weighted by Crippen LogP contribution is -2.29. The van der Waals surface area contributed by atoms with Crippen molar-refractivity contribution in [3.05, 3.63) is 12.2 Å². The Morgan fingerprint density at radius 2 is 1.78 bits per heavy atom. The Hall–Kier alpha value is -0.870. The highest BCUT2D eigenvalue weighted by Gasteiger charge is 2.19. The van der Waals surface area contributed by atoms with Gasteiger partial charge < -0.3 is 14.2 Å². The van der Waals surface area contributed by atoms with Gasteiger partial charge in [0, 0.05) is 5.57 Å². The number of rotatable bonds is 6. The largest absolute Gasteiger partial charge is 0.433 e. The topological polar surface area (TPSA) is 44.8 Å². The van der Waals surface area contributed by atoms with E-state index in [-0.39, 0.29) is 12.4 Å². The van der Waals surface area contributed by atoms with Crippen molar-refractivity contribution in [1.82, 2.24) is 0 Å². The van der Waals surface area contributed by atoms with Crippen LogP contribution in [0.3, 0.4) is 0 Å². The fraction of sp³-hybridized carbons (Fsp3) is 0.786. The number of carbonyl (C=O) groups is 1. The molecule has 0 amide bonds. The van der Waals surface area contributed by atoms with Crippen molar-refractivity contribution in [3.63, 3.8) is 0 Å². The number of ether oxygens (including phenoxy) is 3. The van der Waals surface area contributed by atoms with Crippen LogP contribution in [0.15, 0.2) is 12.2 Å². The Kier molecular flexibility index (Phi) is 6.36. The van der Waals surface area contributed by atoms with E-state index in [0.29, 0.717) is 5.57 Å². The van der Waals surface area contributed by atoms with Crippen LogP contribution in [0.4, 0.5) is 0 Å². The molecule has 18 heavy (non-hydrogen) atoms. The van der Waals surface area contributed by atoms with E-state index in [0.717, 1.165) is 12.8 Å².